The fraction of sp³-hybridized carbons (Fsp3) is 0.500. The van der Waals surface area contributed by atoms with Crippen LogP contribution in [0.15, 0.2) is 24.3 Å². The number of anilines is 1. The number of hydrogen-bond acceptors (Lipinski definition) is 2. The lowest BCUT2D eigenvalue weighted by molar-refractivity contribution is 0.507. The summed E-state index contributed by atoms with van der Waals surface area (Å²) in [5.74, 6) is 0.661. The van der Waals surface area contributed by atoms with Crippen LogP contribution in [-0.2, 0) is 0 Å². The van der Waals surface area contributed by atoms with E-state index in [1.54, 1.807) is 0 Å². The van der Waals surface area contributed by atoms with Crippen molar-refractivity contribution in [3.8, 4) is 0 Å². The molecule has 0 bridgehead atoms. The maximum atomic E-state index is 5.90. The Morgan fingerprint density at radius 3 is 2.73 bits per heavy atom. The summed E-state index contributed by atoms with van der Waals surface area (Å²) >= 11 is 5.90. The SMILES string of the molecule is CCC(CNC)CNc1cccc(Cl)c1. The molecule has 1 atom stereocenters. The van der Waals surface area contributed by atoms with Crippen LogP contribution < -0.4 is 10.6 Å². The molecule has 0 amide bonds. The average Bonchev–Trinajstić information content (AvgIpc) is 2.24. The van der Waals surface area contributed by atoms with Gasteiger partial charge in [0, 0.05) is 17.3 Å². The van der Waals surface area contributed by atoms with E-state index >= 15 is 0 Å². The summed E-state index contributed by atoms with van der Waals surface area (Å²) in [6.45, 7) is 4.24. The summed E-state index contributed by atoms with van der Waals surface area (Å²) in [7, 11) is 1.99. The van der Waals surface area contributed by atoms with Gasteiger partial charge in [-0.25, -0.2) is 0 Å². The highest BCUT2D eigenvalue weighted by Gasteiger charge is 2.04. The first-order valence-electron chi connectivity index (χ1n) is 5.40. The Labute approximate surface area is 97.0 Å². The molecule has 1 unspecified atom stereocenters. The summed E-state index contributed by atoms with van der Waals surface area (Å²) in [6, 6.07) is 7.84. The van der Waals surface area contributed by atoms with E-state index in [0.717, 1.165) is 23.8 Å². The normalized spacial score (nSPS) is 12.5. The lowest BCUT2D eigenvalue weighted by atomic mass is 10.1. The topological polar surface area (TPSA) is 24.1 Å². The molecule has 0 spiro atoms. The Morgan fingerprint density at radius 2 is 2.13 bits per heavy atom. The standard InChI is InChI=1S/C12H19ClN2/c1-3-10(8-14-2)9-15-12-6-4-5-11(13)7-12/h4-7,10,14-15H,3,8-9H2,1-2H3. The van der Waals surface area contributed by atoms with Crippen LogP contribution in [0.3, 0.4) is 0 Å². The number of nitrogens with one attached hydrogen (secondary N) is 2. The fourth-order valence-electron chi connectivity index (χ4n) is 1.51. The van der Waals surface area contributed by atoms with Crippen molar-refractivity contribution in [3.63, 3.8) is 0 Å². The number of benzene rings is 1. The lowest BCUT2D eigenvalue weighted by Gasteiger charge is -2.15. The van der Waals surface area contributed by atoms with Crippen LogP contribution in [0.4, 0.5) is 5.69 Å². The van der Waals surface area contributed by atoms with Gasteiger partial charge in [0.05, 0.1) is 0 Å². The minimum atomic E-state index is 0.661. The van der Waals surface area contributed by atoms with Gasteiger partial charge in [0.25, 0.3) is 0 Å². The molecule has 3 heteroatoms. The van der Waals surface area contributed by atoms with Crippen molar-refractivity contribution in [2.45, 2.75) is 13.3 Å². The average molecular weight is 227 g/mol. The van der Waals surface area contributed by atoms with Gasteiger partial charge in [-0.05, 0) is 37.7 Å². The zero-order chi connectivity index (χ0) is 11.1. The van der Waals surface area contributed by atoms with Gasteiger partial charge in [0.2, 0.25) is 0 Å². The van der Waals surface area contributed by atoms with Crippen LogP contribution >= 0.6 is 11.6 Å². The zero-order valence-electron chi connectivity index (χ0n) is 9.39. The Balaban J connectivity index is 2.41. The molecule has 0 aliphatic rings. The minimum Gasteiger partial charge on any atom is -0.385 e. The molecule has 0 aliphatic carbocycles. The molecule has 0 aromatic heterocycles. The molecular weight excluding hydrogens is 208 g/mol. The Kier molecular flexibility index (Phi) is 5.51. The molecule has 1 aromatic carbocycles. The molecule has 1 rings (SSSR count). The number of rotatable bonds is 6. The summed E-state index contributed by atoms with van der Waals surface area (Å²) < 4.78 is 0. The second kappa shape index (κ2) is 6.70. The molecule has 2 nitrogen and oxygen atoms in total. The molecule has 0 saturated carbocycles. The first kappa shape index (κ1) is 12.3. The van der Waals surface area contributed by atoms with Gasteiger partial charge in [-0.15, -0.1) is 0 Å². The monoisotopic (exact) mass is 226 g/mol. The molecular formula is C12H19ClN2. The zero-order valence-corrected chi connectivity index (χ0v) is 10.1. The van der Waals surface area contributed by atoms with Crippen molar-refractivity contribution >= 4 is 17.3 Å². The van der Waals surface area contributed by atoms with Crippen LogP contribution in [-0.4, -0.2) is 20.1 Å². The molecule has 0 aliphatic heterocycles. The first-order chi connectivity index (χ1) is 7.26. The minimum absolute atomic E-state index is 0.661. The highest BCUT2D eigenvalue weighted by molar-refractivity contribution is 6.30. The molecule has 2 N–H and O–H groups in total. The maximum Gasteiger partial charge on any atom is 0.0426 e. The van der Waals surface area contributed by atoms with Crippen molar-refractivity contribution in [1.29, 1.82) is 0 Å². The van der Waals surface area contributed by atoms with E-state index in [1.807, 2.05) is 31.3 Å². The van der Waals surface area contributed by atoms with Gasteiger partial charge in [-0.3, -0.25) is 0 Å². The lowest BCUT2D eigenvalue weighted by Crippen LogP contribution is -2.24. The van der Waals surface area contributed by atoms with Crippen LogP contribution in [0.1, 0.15) is 13.3 Å². The van der Waals surface area contributed by atoms with E-state index < -0.39 is 0 Å². The molecule has 0 radical (unpaired) electrons. The van der Waals surface area contributed by atoms with E-state index in [2.05, 4.69) is 17.6 Å². The van der Waals surface area contributed by atoms with Gasteiger partial charge in [0.15, 0.2) is 0 Å². The van der Waals surface area contributed by atoms with Gasteiger partial charge >= 0.3 is 0 Å². The fourth-order valence-corrected chi connectivity index (χ4v) is 1.70. The highest BCUT2D eigenvalue weighted by Crippen LogP contribution is 2.15. The predicted molar refractivity (Wildman–Crippen MR) is 67.6 cm³/mol. The molecule has 0 fully saturated rings. The van der Waals surface area contributed by atoms with E-state index in [0.29, 0.717) is 5.92 Å². The van der Waals surface area contributed by atoms with E-state index in [-0.39, 0.29) is 0 Å². The summed E-state index contributed by atoms with van der Waals surface area (Å²) in [4.78, 5) is 0. The number of hydrogen-bond donors (Lipinski definition) is 2. The van der Waals surface area contributed by atoms with E-state index in [4.69, 9.17) is 11.6 Å². The van der Waals surface area contributed by atoms with Crippen molar-refractivity contribution < 1.29 is 0 Å². The quantitative estimate of drug-likeness (QED) is 0.780. The molecule has 0 saturated heterocycles. The van der Waals surface area contributed by atoms with Gasteiger partial charge in [-0.2, -0.15) is 0 Å². The van der Waals surface area contributed by atoms with Crippen molar-refractivity contribution in [3.05, 3.63) is 29.3 Å². The predicted octanol–water partition coefficient (Wildman–Crippen LogP) is 3.00. The second-order valence-electron chi connectivity index (χ2n) is 3.72. The Morgan fingerprint density at radius 1 is 1.33 bits per heavy atom. The van der Waals surface area contributed by atoms with Crippen molar-refractivity contribution in [2.75, 3.05) is 25.5 Å². The summed E-state index contributed by atoms with van der Waals surface area (Å²) in [6.07, 6.45) is 1.18. The van der Waals surface area contributed by atoms with Gasteiger partial charge < -0.3 is 10.6 Å². The van der Waals surface area contributed by atoms with E-state index in [9.17, 15) is 0 Å². The highest BCUT2D eigenvalue weighted by atomic mass is 35.5. The maximum absolute atomic E-state index is 5.90. The van der Waals surface area contributed by atoms with Gasteiger partial charge in [0.1, 0.15) is 0 Å². The summed E-state index contributed by atoms with van der Waals surface area (Å²) in [5, 5.41) is 7.38. The molecule has 84 valence electrons. The second-order valence-corrected chi connectivity index (χ2v) is 4.16. The van der Waals surface area contributed by atoms with Crippen molar-refractivity contribution in [1.82, 2.24) is 5.32 Å². The number of halogens is 1. The third kappa shape index (κ3) is 4.54. The van der Waals surface area contributed by atoms with Crippen molar-refractivity contribution in [2.24, 2.45) is 5.92 Å². The van der Waals surface area contributed by atoms with Gasteiger partial charge in [-0.1, -0.05) is 31.0 Å². The van der Waals surface area contributed by atoms with Crippen LogP contribution in [0.25, 0.3) is 0 Å². The molecule has 0 heterocycles. The van der Waals surface area contributed by atoms with Crippen LogP contribution in [0.5, 0.6) is 0 Å². The Hall–Kier alpha value is -0.730. The smallest absolute Gasteiger partial charge is 0.0426 e. The molecule has 1 aromatic rings. The van der Waals surface area contributed by atoms with Crippen LogP contribution in [0, 0.1) is 5.92 Å². The van der Waals surface area contributed by atoms with E-state index in [1.165, 1.54) is 6.42 Å². The summed E-state index contributed by atoms with van der Waals surface area (Å²) in [5.41, 5.74) is 1.09. The Bertz CT molecular complexity index is 289. The third-order valence-corrected chi connectivity index (χ3v) is 2.72. The largest absolute Gasteiger partial charge is 0.385 e. The van der Waals surface area contributed by atoms with Crippen LogP contribution in [0.2, 0.25) is 5.02 Å². The first-order valence-corrected chi connectivity index (χ1v) is 5.78. The third-order valence-electron chi connectivity index (χ3n) is 2.49. The molecule has 15 heavy (non-hydrogen) atoms.